The van der Waals surface area contributed by atoms with E-state index < -0.39 is 17.6 Å². The van der Waals surface area contributed by atoms with Gasteiger partial charge >= 0.3 is 6.18 Å². The van der Waals surface area contributed by atoms with Crippen LogP contribution in [0, 0.1) is 6.92 Å². The summed E-state index contributed by atoms with van der Waals surface area (Å²) in [5.41, 5.74) is 2.64. The fraction of sp³-hybridized carbons (Fsp3) is 0.321. The Bertz CT molecular complexity index is 1540. The Kier molecular flexibility index (Phi) is 5.89. The van der Waals surface area contributed by atoms with Crippen molar-refractivity contribution in [3.63, 3.8) is 0 Å². The largest absolute Gasteiger partial charge is 0.416 e. The molecule has 3 aromatic rings. The Hall–Kier alpha value is -4.28. The number of benzene rings is 1. The van der Waals surface area contributed by atoms with E-state index in [2.05, 4.69) is 25.5 Å². The monoisotopic (exact) mass is 533 g/mol. The first-order valence-corrected chi connectivity index (χ1v) is 12.8. The summed E-state index contributed by atoms with van der Waals surface area (Å²) in [5, 5.41) is 5.73. The van der Waals surface area contributed by atoms with Gasteiger partial charge in [-0.25, -0.2) is 4.98 Å². The summed E-state index contributed by atoms with van der Waals surface area (Å²) in [6.45, 7) is 2.64. The highest BCUT2D eigenvalue weighted by atomic mass is 19.4. The number of fused-ring (bicyclic) bond motifs is 4. The minimum absolute atomic E-state index is 0.127. The normalized spacial score (nSPS) is 17.4. The lowest BCUT2D eigenvalue weighted by atomic mass is 9.90. The molecule has 6 rings (SSSR count). The van der Waals surface area contributed by atoms with E-state index in [1.807, 2.05) is 25.1 Å². The number of rotatable bonds is 4. The Labute approximate surface area is 223 Å². The van der Waals surface area contributed by atoms with Crippen LogP contribution in [-0.2, 0) is 6.18 Å². The second kappa shape index (κ2) is 9.18. The van der Waals surface area contributed by atoms with Crippen LogP contribution >= 0.6 is 0 Å². The number of aryl methyl sites for hydroxylation is 1. The average Bonchev–Trinajstić information content (AvgIpc) is 3.56. The van der Waals surface area contributed by atoms with E-state index in [0.29, 0.717) is 18.2 Å². The van der Waals surface area contributed by atoms with Crippen molar-refractivity contribution in [3.05, 3.63) is 70.7 Å². The molecule has 1 fully saturated rings. The molecular weight excluding hydrogens is 507 g/mol. The number of aliphatic imine (C=N–C) groups is 1. The molecule has 11 heteroatoms. The minimum Gasteiger partial charge on any atom is -0.357 e. The minimum atomic E-state index is -4.57. The lowest BCUT2D eigenvalue weighted by Gasteiger charge is -2.39. The van der Waals surface area contributed by atoms with E-state index in [1.54, 1.807) is 19.3 Å². The summed E-state index contributed by atoms with van der Waals surface area (Å²) < 4.78 is 39.4. The van der Waals surface area contributed by atoms with E-state index in [9.17, 15) is 18.0 Å². The number of aromatic nitrogens is 3. The van der Waals surface area contributed by atoms with Crippen LogP contribution in [0.15, 0.2) is 47.7 Å². The molecular formula is C28H26F3N7O. The van der Waals surface area contributed by atoms with E-state index in [-0.39, 0.29) is 11.2 Å². The molecule has 0 radical (unpaired) electrons. The summed E-state index contributed by atoms with van der Waals surface area (Å²) >= 11 is 0. The number of anilines is 3. The van der Waals surface area contributed by atoms with Crippen LogP contribution in [0.3, 0.4) is 0 Å². The predicted octanol–water partition coefficient (Wildman–Crippen LogP) is 5.58. The van der Waals surface area contributed by atoms with Crippen molar-refractivity contribution >= 4 is 40.8 Å². The highest BCUT2D eigenvalue weighted by Crippen LogP contribution is 2.47. The van der Waals surface area contributed by atoms with Crippen LogP contribution in [0.1, 0.15) is 58.4 Å². The number of amides is 1. The Morgan fingerprint density at radius 1 is 1.10 bits per heavy atom. The molecule has 1 spiro atoms. The summed E-state index contributed by atoms with van der Waals surface area (Å²) in [7, 11) is 1.79. The maximum Gasteiger partial charge on any atom is 0.416 e. The summed E-state index contributed by atoms with van der Waals surface area (Å²) in [6.07, 6.45) is 4.52. The molecule has 4 heterocycles. The highest BCUT2D eigenvalue weighted by Gasteiger charge is 2.49. The molecule has 0 atom stereocenters. The van der Waals surface area contributed by atoms with Gasteiger partial charge in [0.15, 0.2) is 0 Å². The van der Waals surface area contributed by atoms with Gasteiger partial charge in [-0.2, -0.15) is 18.2 Å². The molecule has 1 aromatic carbocycles. The molecule has 2 aliphatic heterocycles. The third kappa shape index (κ3) is 4.31. The van der Waals surface area contributed by atoms with Crippen LogP contribution in [0.25, 0.3) is 11.6 Å². The van der Waals surface area contributed by atoms with Gasteiger partial charge in [-0.05, 0) is 61.2 Å². The highest BCUT2D eigenvalue weighted by molar-refractivity contribution is 6.36. The van der Waals surface area contributed by atoms with Gasteiger partial charge in [0, 0.05) is 36.3 Å². The zero-order valence-corrected chi connectivity index (χ0v) is 21.4. The molecule has 2 aromatic heterocycles. The SMILES string of the molecule is CNc1ncc2c(n1)N1C(=NCC13CCCC3)C(c1cc(NC(=O)c3cc(C(F)(F)F)ccn3)ccc1C)=C2. The molecule has 3 aliphatic rings. The van der Waals surface area contributed by atoms with Crippen molar-refractivity contribution in [2.75, 3.05) is 29.1 Å². The van der Waals surface area contributed by atoms with E-state index in [1.165, 1.54) is 0 Å². The maximum absolute atomic E-state index is 13.1. The fourth-order valence-electron chi connectivity index (χ4n) is 5.65. The number of alkyl halides is 3. The van der Waals surface area contributed by atoms with Crippen LogP contribution in [-0.4, -0.2) is 45.8 Å². The number of carbonyl (C=O) groups excluding carboxylic acids is 1. The van der Waals surface area contributed by atoms with Gasteiger partial charge < -0.3 is 15.5 Å². The van der Waals surface area contributed by atoms with Crippen LogP contribution in [0.2, 0.25) is 0 Å². The second-order valence-electron chi connectivity index (χ2n) is 10.1. The van der Waals surface area contributed by atoms with Crippen molar-refractivity contribution in [1.82, 2.24) is 15.0 Å². The van der Waals surface area contributed by atoms with Gasteiger partial charge in [0.05, 0.1) is 17.6 Å². The molecule has 200 valence electrons. The Balaban J connectivity index is 1.38. The number of hydrogen-bond donors (Lipinski definition) is 2. The molecule has 1 amide bonds. The lowest BCUT2D eigenvalue weighted by Crippen LogP contribution is -2.49. The van der Waals surface area contributed by atoms with Gasteiger partial charge in [-0.1, -0.05) is 18.9 Å². The summed E-state index contributed by atoms with van der Waals surface area (Å²) in [4.78, 5) is 33.2. The summed E-state index contributed by atoms with van der Waals surface area (Å²) in [5.74, 6) is 1.47. The molecule has 1 saturated carbocycles. The van der Waals surface area contributed by atoms with E-state index in [0.717, 1.165) is 77.9 Å². The number of halogens is 3. The topological polar surface area (TPSA) is 95.4 Å². The Morgan fingerprint density at radius 2 is 1.90 bits per heavy atom. The molecule has 0 saturated heterocycles. The van der Waals surface area contributed by atoms with Gasteiger partial charge in [0.1, 0.15) is 17.3 Å². The number of nitrogens with zero attached hydrogens (tertiary/aromatic N) is 5. The number of hydrogen-bond acceptors (Lipinski definition) is 7. The zero-order chi connectivity index (χ0) is 27.4. The third-order valence-corrected chi connectivity index (χ3v) is 7.62. The van der Waals surface area contributed by atoms with Crippen molar-refractivity contribution in [2.45, 2.75) is 44.3 Å². The first-order valence-electron chi connectivity index (χ1n) is 12.8. The fourth-order valence-corrected chi connectivity index (χ4v) is 5.65. The standard InChI is InChI=1S/C28H26F3N7O/c1-16-5-6-19(36-25(39)22-12-18(7-10-33-22)28(29,30)31)13-20(16)21-11-17-14-34-26(32-2)37-23(17)38-24(21)35-15-27(38)8-3-4-9-27/h5-7,10-14H,3-4,8-9,15H2,1-2H3,(H,36,39)(H,32,34,37). The average molecular weight is 534 g/mol. The number of pyridine rings is 1. The molecule has 39 heavy (non-hydrogen) atoms. The quantitative estimate of drug-likeness (QED) is 0.455. The predicted molar refractivity (Wildman–Crippen MR) is 144 cm³/mol. The number of amidine groups is 1. The molecule has 2 N–H and O–H groups in total. The molecule has 0 bridgehead atoms. The number of carbonyl (C=O) groups is 1. The van der Waals surface area contributed by atoms with Gasteiger partial charge in [0.25, 0.3) is 5.91 Å². The number of nitrogens with one attached hydrogen (secondary N) is 2. The van der Waals surface area contributed by atoms with E-state index in [4.69, 9.17) is 9.98 Å². The van der Waals surface area contributed by atoms with Crippen molar-refractivity contribution in [3.8, 4) is 0 Å². The van der Waals surface area contributed by atoms with Crippen molar-refractivity contribution in [2.24, 2.45) is 4.99 Å². The van der Waals surface area contributed by atoms with Gasteiger partial charge in [-0.15, -0.1) is 0 Å². The molecule has 0 unspecified atom stereocenters. The first kappa shape index (κ1) is 25.0. The van der Waals surface area contributed by atoms with Gasteiger partial charge in [-0.3, -0.25) is 14.8 Å². The second-order valence-corrected chi connectivity index (χ2v) is 10.1. The first-order chi connectivity index (χ1) is 18.7. The van der Waals surface area contributed by atoms with E-state index >= 15 is 0 Å². The van der Waals surface area contributed by atoms with Crippen molar-refractivity contribution in [1.29, 1.82) is 0 Å². The maximum atomic E-state index is 13.1. The Morgan fingerprint density at radius 3 is 2.64 bits per heavy atom. The molecule has 1 aliphatic carbocycles. The van der Waals surface area contributed by atoms with Crippen LogP contribution in [0.5, 0.6) is 0 Å². The van der Waals surface area contributed by atoms with Crippen molar-refractivity contribution < 1.29 is 18.0 Å². The lowest BCUT2D eigenvalue weighted by molar-refractivity contribution is -0.137. The molecule has 8 nitrogen and oxygen atoms in total. The van der Waals surface area contributed by atoms with Gasteiger partial charge in [0.2, 0.25) is 5.95 Å². The third-order valence-electron chi connectivity index (χ3n) is 7.62. The van der Waals surface area contributed by atoms with Crippen LogP contribution in [0.4, 0.5) is 30.6 Å². The smallest absolute Gasteiger partial charge is 0.357 e. The summed E-state index contributed by atoms with van der Waals surface area (Å²) in [6, 6.07) is 6.99. The van der Waals surface area contributed by atoms with Crippen LogP contribution < -0.4 is 15.5 Å². The zero-order valence-electron chi connectivity index (χ0n) is 21.4.